The Kier molecular flexibility index (Phi) is 4.96. The van der Waals surface area contributed by atoms with Crippen molar-refractivity contribution in [3.05, 3.63) is 59.2 Å². The van der Waals surface area contributed by atoms with Crippen LogP contribution in [-0.4, -0.2) is 41.2 Å². The quantitative estimate of drug-likeness (QED) is 0.709. The molecular formula is C25H26N4O4. The van der Waals surface area contributed by atoms with Crippen LogP contribution in [0.25, 0.3) is 0 Å². The largest absolute Gasteiger partial charge is 0.325 e. The summed E-state index contributed by atoms with van der Waals surface area (Å²) >= 11 is 0. The monoisotopic (exact) mass is 446 g/mol. The second kappa shape index (κ2) is 7.72. The number of imide groups is 1. The van der Waals surface area contributed by atoms with E-state index >= 15 is 0 Å². The highest BCUT2D eigenvalue weighted by Gasteiger charge is 2.50. The number of rotatable bonds is 3. The molecule has 5 rings (SSSR count). The Morgan fingerprint density at radius 1 is 1.09 bits per heavy atom. The van der Waals surface area contributed by atoms with Gasteiger partial charge in [0.25, 0.3) is 5.91 Å². The van der Waals surface area contributed by atoms with Gasteiger partial charge in [-0.3, -0.25) is 19.3 Å². The maximum absolute atomic E-state index is 13.4. The molecule has 2 heterocycles. The van der Waals surface area contributed by atoms with Gasteiger partial charge in [0, 0.05) is 12.5 Å². The molecule has 1 saturated heterocycles. The molecule has 3 aliphatic rings. The van der Waals surface area contributed by atoms with Crippen molar-refractivity contribution in [2.45, 2.75) is 51.1 Å². The predicted molar refractivity (Wildman–Crippen MR) is 123 cm³/mol. The second-order valence-corrected chi connectivity index (χ2v) is 9.17. The van der Waals surface area contributed by atoms with Crippen LogP contribution in [0.1, 0.15) is 43.4 Å². The van der Waals surface area contributed by atoms with Crippen molar-refractivity contribution in [3.8, 4) is 0 Å². The van der Waals surface area contributed by atoms with E-state index in [9.17, 15) is 19.2 Å². The third-order valence-corrected chi connectivity index (χ3v) is 6.87. The number of nitrogens with zero attached hydrogens (tertiary/aromatic N) is 2. The highest BCUT2D eigenvalue weighted by Crippen LogP contribution is 2.34. The molecule has 1 aliphatic carbocycles. The maximum Gasteiger partial charge on any atom is 0.325 e. The minimum absolute atomic E-state index is 0.118. The minimum atomic E-state index is -1.23. The molecule has 0 saturated carbocycles. The van der Waals surface area contributed by atoms with Crippen LogP contribution in [0.4, 0.5) is 16.2 Å². The van der Waals surface area contributed by atoms with E-state index in [-0.39, 0.29) is 12.3 Å². The fourth-order valence-electron chi connectivity index (χ4n) is 5.10. The van der Waals surface area contributed by atoms with E-state index in [4.69, 9.17) is 0 Å². The summed E-state index contributed by atoms with van der Waals surface area (Å²) < 4.78 is 0. The van der Waals surface area contributed by atoms with Crippen LogP contribution < -0.4 is 15.5 Å². The molecule has 2 aromatic carbocycles. The lowest BCUT2D eigenvalue weighted by molar-refractivity contribution is -0.134. The van der Waals surface area contributed by atoms with Gasteiger partial charge in [-0.15, -0.1) is 0 Å². The summed E-state index contributed by atoms with van der Waals surface area (Å²) in [5.74, 6) is -1.07. The molecule has 0 unspecified atom stereocenters. The van der Waals surface area contributed by atoms with Crippen molar-refractivity contribution in [1.82, 2.24) is 10.2 Å². The minimum Gasteiger partial charge on any atom is -0.324 e. The SMILES string of the molecule is C[C@@H]1CC(=O)Nc2ccccc2N1C(=O)CN1C(=O)N[C@](C)(c2ccc3c(c2)CCC3)C1=O. The van der Waals surface area contributed by atoms with E-state index in [1.165, 1.54) is 16.0 Å². The summed E-state index contributed by atoms with van der Waals surface area (Å²) in [6.45, 7) is 3.05. The molecule has 2 aliphatic heterocycles. The van der Waals surface area contributed by atoms with Crippen LogP contribution >= 0.6 is 0 Å². The molecule has 0 radical (unpaired) electrons. The Morgan fingerprint density at radius 2 is 1.85 bits per heavy atom. The van der Waals surface area contributed by atoms with Crippen molar-refractivity contribution < 1.29 is 19.2 Å². The average Bonchev–Trinajstić information content (AvgIpc) is 3.29. The van der Waals surface area contributed by atoms with Gasteiger partial charge in [0.05, 0.1) is 11.4 Å². The van der Waals surface area contributed by atoms with Crippen LogP contribution in [-0.2, 0) is 32.8 Å². The molecule has 0 spiro atoms. The van der Waals surface area contributed by atoms with Crippen LogP contribution in [0.3, 0.4) is 0 Å². The van der Waals surface area contributed by atoms with Gasteiger partial charge >= 0.3 is 6.03 Å². The van der Waals surface area contributed by atoms with Gasteiger partial charge in [-0.2, -0.15) is 0 Å². The van der Waals surface area contributed by atoms with E-state index in [0.717, 1.165) is 29.7 Å². The van der Waals surface area contributed by atoms with E-state index in [2.05, 4.69) is 10.6 Å². The van der Waals surface area contributed by atoms with E-state index in [1.54, 1.807) is 38.1 Å². The number of hydrogen-bond donors (Lipinski definition) is 2. The van der Waals surface area contributed by atoms with E-state index < -0.39 is 36.0 Å². The Hall–Kier alpha value is -3.68. The predicted octanol–water partition coefficient (Wildman–Crippen LogP) is 2.71. The zero-order valence-corrected chi connectivity index (χ0v) is 18.7. The van der Waals surface area contributed by atoms with Crippen molar-refractivity contribution >= 4 is 35.1 Å². The molecule has 33 heavy (non-hydrogen) atoms. The topological polar surface area (TPSA) is 98.8 Å². The van der Waals surface area contributed by atoms with Crippen molar-refractivity contribution in [2.24, 2.45) is 0 Å². The first kappa shape index (κ1) is 21.2. The molecule has 2 aromatic rings. The number of carbonyl (C=O) groups is 4. The first-order chi connectivity index (χ1) is 15.8. The molecule has 2 N–H and O–H groups in total. The van der Waals surface area contributed by atoms with Crippen LogP contribution in [0.5, 0.6) is 0 Å². The van der Waals surface area contributed by atoms with Gasteiger partial charge in [-0.25, -0.2) is 4.79 Å². The maximum atomic E-state index is 13.4. The number of hydrogen-bond acceptors (Lipinski definition) is 4. The number of carbonyl (C=O) groups excluding carboxylic acids is 4. The normalized spacial score (nSPS) is 24.2. The van der Waals surface area contributed by atoms with Crippen LogP contribution in [0, 0.1) is 0 Å². The zero-order chi connectivity index (χ0) is 23.3. The molecule has 5 amide bonds. The Bertz CT molecular complexity index is 1190. The second-order valence-electron chi connectivity index (χ2n) is 9.17. The highest BCUT2D eigenvalue weighted by molar-refractivity contribution is 6.12. The number of anilines is 2. The fourth-order valence-corrected chi connectivity index (χ4v) is 5.10. The van der Waals surface area contributed by atoms with Gasteiger partial charge < -0.3 is 15.5 Å². The third kappa shape index (κ3) is 3.46. The smallest absolute Gasteiger partial charge is 0.324 e. The summed E-state index contributed by atoms with van der Waals surface area (Å²) in [4.78, 5) is 54.3. The summed E-state index contributed by atoms with van der Waals surface area (Å²) in [5, 5.41) is 5.61. The van der Waals surface area contributed by atoms with Gasteiger partial charge in [-0.05, 0) is 61.9 Å². The van der Waals surface area contributed by atoms with Crippen molar-refractivity contribution in [3.63, 3.8) is 0 Å². The number of para-hydroxylation sites is 2. The standard InChI is InChI=1S/C25H26N4O4/c1-15-12-21(30)26-19-8-3-4-9-20(19)29(15)22(31)14-28-23(32)25(2,27-24(28)33)18-11-10-16-6-5-7-17(16)13-18/h3-4,8-11,13,15H,5-7,12,14H2,1-2H3,(H,26,30)(H,27,33)/t15-,25-/m1/s1. The summed E-state index contributed by atoms with van der Waals surface area (Å²) in [6, 6.07) is 11.9. The summed E-state index contributed by atoms with van der Waals surface area (Å²) in [5.41, 5.74) is 3.06. The number of fused-ring (bicyclic) bond motifs is 2. The fraction of sp³-hybridized carbons (Fsp3) is 0.360. The average molecular weight is 447 g/mol. The Balaban J connectivity index is 1.41. The van der Waals surface area contributed by atoms with Gasteiger partial charge in [0.15, 0.2) is 0 Å². The molecule has 8 nitrogen and oxygen atoms in total. The first-order valence-corrected chi connectivity index (χ1v) is 11.3. The summed E-state index contributed by atoms with van der Waals surface area (Å²) in [7, 11) is 0. The zero-order valence-electron chi connectivity index (χ0n) is 18.7. The van der Waals surface area contributed by atoms with Gasteiger partial charge in [0.1, 0.15) is 12.1 Å². The molecule has 1 fully saturated rings. The lowest BCUT2D eigenvalue weighted by atomic mass is 9.89. The summed E-state index contributed by atoms with van der Waals surface area (Å²) in [6.07, 6.45) is 3.19. The number of nitrogens with one attached hydrogen (secondary N) is 2. The van der Waals surface area contributed by atoms with Crippen molar-refractivity contribution in [2.75, 3.05) is 16.8 Å². The van der Waals surface area contributed by atoms with Crippen LogP contribution in [0.15, 0.2) is 42.5 Å². The molecule has 0 bridgehead atoms. The molecule has 2 atom stereocenters. The first-order valence-electron chi connectivity index (χ1n) is 11.3. The molecule has 0 aromatic heterocycles. The third-order valence-electron chi connectivity index (χ3n) is 6.87. The molecule has 8 heteroatoms. The Morgan fingerprint density at radius 3 is 2.67 bits per heavy atom. The van der Waals surface area contributed by atoms with E-state index in [1.807, 2.05) is 18.2 Å². The van der Waals surface area contributed by atoms with Crippen LogP contribution in [0.2, 0.25) is 0 Å². The van der Waals surface area contributed by atoms with E-state index in [0.29, 0.717) is 11.4 Å². The lowest BCUT2D eigenvalue weighted by Gasteiger charge is -2.29. The van der Waals surface area contributed by atoms with Gasteiger partial charge in [0.2, 0.25) is 11.8 Å². The molecule has 170 valence electrons. The number of aryl methyl sites for hydroxylation is 2. The molecular weight excluding hydrogens is 420 g/mol. The number of urea groups is 1. The number of benzene rings is 2. The van der Waals surface area contributed by atoms with Crippen molar-refractivity contribution in [1.29, 1.82) is 0 Å². The Labute approximate surface area is 191 Å². The number of amides is 5. The highest BCUT2D eigenvalue weighted by atomic mass is 16.2. The lowest BCUT2D eigenvalue weighted by Crippen LogP contribution is -2.47. The van der Waals surface area contributed by atoms with Gasteiger partial charge in [-0.1, -0.05) is 30.3 Å².